The van der Waals surface area contributed by atoms with Crippen molar-refractivity contribution in [3.63, 3.8) is 0 Å². The zero-order chi connectivity index (χ0) is 12.1. The van der Waals surface area contributed by atoms with E-state index in [9.17, 15) is 4.39 Å². The molecule has 0 radical (unpaired) electrons. The molecule has 3 heteroatoms. The van der Waals surface area contributed by atoms with Gasteiger partial charge in [-0.25, -0.2) is 4.39 Å². The molecule has 1 heterocycles. The normalized spacial score (nSPS) is 18.9. The van der Waals surface area contributed by atoms with Crippen LogP contribution in [0.2, 0.25) is 0 Å². The molecule has 0 amide bonds. The van der Waals surface area contributed by atoms with Crippen LogP contribution in [0, 0.1) is 5.92 Å². The predicted octanol–water partition coefficient (Wildman–Crippen LogP) is 3.10. The predicted molar refractivity (Wildman–Crippen MR) is 67.1 cm³/mol. The lowest BCUT2D eigenvalue weighted by Crippen LogP contribution is -2.30. The molecule has 1 fully saturated rings. The minimum absolute atomic E-state index is 0.123. The van der Waals surface area contributed by atoms with Gasteiger partial charge in [-0.15, -0.1) is 0 Å². The molecule has 2 rings (SSSR count). The molecular weight excluding hydrogens is 217 g/mol. The lowest BCUT2D eigenvalue weighted by atomic mass is 9.89. The first kappa shape index (κ1) is 12.4. The summed E-state index contributed by atoms with van der Waals surface area (Å²) in [4.78, 5) is 0. The van der Waals surface area contributed by atoms with Crippen LogP contribution in [0.3, 0.4) is 0 Å². The first-order chi connectivity index (χ1) is 8.33. The Labute approximate surface area is 102 Å². The maximum Gasteiger partial charge on any atom is 0.132 e. The number of piperidine rings is 1. The third kappa shape index (κ3) is 2.97. The summed E-state index contributed by atoms with van der Waals surface area (Å²) in [5, 5.41) is 3.26. The second kappa shape index (κ2) is 6.01. The summed E-state index contributed by atoms with van der Waals surface area (Å²) in [6, 6.07) is 7.47. The molecule has 2 nitrogen and oxygen atoms in total. The van der Waals surface area contributed by atoms with Gasteiger partial charge in [0.15, 0.2) is 0 Å². The highest BCUT2D eigenvalue weighted by Gasteiger charge is 2.26. The Balaban J connectivity index is 2.14. The molecule has 1 aromatic carbocycles. The van der Waals surface area contributed by atoms with E-state index in [-0.39, 0.29) is 5.92 Å². The average molecular weight is 237 g/mol. The monoisotopic (exact) mass is 237 g/mol. The van der Waals surface area contributed by atoms with Crippen LogP contribution in [0.4, 0.5) is 4.39 Å². The van der Waals surface area contributed by atoms with Crippen LogP contribution in [0.5, 0.6) is 5.75 Å². The van der Waals surface area contributed by atoms with E-state index in [2.05, 4.69) is 5.32 Å². The number of hydrogen-bond acceptors (Lipinski definition) is 2. The number of nitrogens with one attached hydrogen (secondary N) is 1. The molecule has 1 aromatic rings. The standard InChI is InChI=1S/C14H20FNO/c1-2-17-13-6-4-3-5-12(13)14(15)11-7-9-16-10-8-11/h3-6,11,14,16H,2,7-10H2,1H3. The number of rotatable bonds is 4. The second-order valence-corrected chi connectivity index (χ2v) is 4.46. The van der Waals surface area contributed by atoms with Crippen LogP contribution >= 0.6 is 0 Å². The fourth-order valence-corrected chi connectivity index (χ4v) is 2.39. The van der Waals surface area contributed by atoms with Gasteiger partial charge in [-0.1, -0.05) is 18.2 Å². The Hall–Kier alpha value is -1.09. The van der Waals surface area contributed by atoms with Crippen molar-refractivity contribution in [1.82, 2.24) is 5.32 Å². The minimum Gasteiger partial charge on any atom is -0.493 e. The van der Waals surface area contributed by atoms with Crippen LogP contribution < -0.4 is 10.1 Å². The van der Waals surface area contributed by atoms with Gasteiger partial charge in [0, 0.05) is 5.56 Å². The first-order valence-electron chi connectivity index (χ1n) is 6.39. The van der Waals surface area contributed by atoms with Gasteiger partial charge in [0.05, 0.1) is 6.61 Å². The highest BCUT2D eigenvalue weighted by Crippen LogP contribution is 2.36. The zero-order valence-electron chi connectivity index (χ0n) is 10.3. The molecule has 17 heavy (non-hydrogen) atoms. The smallest absolute Gasteiger partial charge is 0.132 e. The number of hydrogen-bond donors (Lipinski definition) is 1. The fourth-order valence-electron chi connectivity index (χ4n) is 2.39. The van der Waals surface area contributed by atoms with Gasteiger partial charge in [0.25, 0.3) is 0 Å². The molecular formula is C14H20FNO. The molecule has 1 saturated heterocycles. The van der Waals surface area contributed by atoms with Crippen molar-refractivity contribution < 1.29 is 9.13 Å². The van der Waals surface area contributed by atoms with Crippen molar-refractivity contribution in [1.29, 1.82) is 0 Å². The molecule has 0 aliphatic carbocycles. The van der Waals surface area contributed by atoms with E-state index in [1.807, 2.05) is 31.2 Å². The Morgan fingerprint density at radius 3 is 2.76 bits per heavy atom. The summed E-state index contributed by atoms with van der Waals surface area (Å²) in [5.74, 6) is 0.818. The van der Waals surface area contributed by atoms with Crippen molar-refractivity contribution in [2.24, 2.45) is 5.92 Å². The third-order valence-electron chi connectivity index (χ3n) is 3.31. The number of benzene rings is 1. The zero-order valence-corrected chi connectivity index (χ0v) is 10.3. The van der Waals surface area contributed by atoms with Crippen LogP contribution in [0.1, 0.15) is 31.5 Å². The molecule has 94 valence electrons. The van der Waals surface area contributed by atoms with Gasteiger partial charge in [-0.2, -0.15) is 0 Å². The van der Waals surface area contributed by atoms with Gasteiger partial charge < -0.3 is 10.1 Å². The molecule has 1 atom stereocenters. The molecule has 1 aliphatic rings. The Morgan fingerprint density at radius 1 is 1.35 bits per heavy atom. The van der Waals surface area contributed by atoms with E-state index >= 15 is 0 Å². The van der Waals surface area contributed by atoms with Gasteiger partial charge >= 0.3 is 0 Å². The van der Waals surface area contributed by atoms with Crippen molar-refractivity contribution in [2.45, 2.75) is 25.9 Å². The maximum atomic E-state index is 14.5. The molecule has 1 aliphatic heterocycles. The van der Waals surface area contributed by atoms with Gasteiger partial charge in [-0.3, -0.25) is 0 Å². The highest BCUT2D eigenvalue weighted by molar-refractivity contribution is 5.35. The lowest BCUT2D eigenvalue weighted by molar-refractivity contribution is 0.184. The van der Waals surface area contributed by atoms with Crippen molar-refractivity contribution in [3.05, 3.63) is 29.8 Å². The van der Waals surface area contributed by atoms with Gasteiger partial charge in [0.2, 0.25) is 0 Å². The molecule has 0 spiro atoms. The Morgan fingerprint density at radius 2 is 2.06 bits per heavy atom. The number of ether oxygens (including phenoxy) is 1. The Kier molecular flexibility index (Phi) is 4.37. The van der Waals surface area contributed by atoms with Gasteiger partial charge in [0.1, 0.15) is 11.9 Å². The lowest BCUT2D eigenvalue weighted by Gasteiger charge is -2.26. The van der Waals surface area contributed by atoms with Crippen molar-refractivity contribution in [3.8, 4) is 5.75 Å². The number of alkyl halides is 1. The molecule has 0 saturated carbocycles. The van der Waals surface area contributed by atoms with Crippen molar-refractivity contribution in [2.75, 3.05) is 19.7 Å². The summed E-state index contributed by atoms with van der Waals surface area (Å²) in [6.45, 7) is 4.34. The van der Waals surface area contributed by atoms with Crippen LogP contribution in [0.25, 0.3) is 0 Å². The summed E-state index contributed by atoms with van der Waals surface area (Å²) in [5.41, 5.74) is 0.709. The van der Waals surface area contributed by atoms with Gasteiger partial charge in [-0.05, 0) is 44.8 Å². The summed E-state index contributed by atoms with van der Waals surface area (Å²) >= 11 is 0. The third-order valence-corrected chi connectivity index (χ3v) is 3.31. The maximum absolute atomic E-state index is 14.5. The quantitative estimate of drug-likeness (QED) is 0.868. The SMILES string of the molecule is CCOc1ccccc1C(F)C1CCNCC1. The topological polar surface area (TPSA) is 21.3 Å². The Bertz CT molecular complexity index is 350. The van der Waals surface area contributed by atoms with E-state index in [0.29, 0.717) is 17.9 Å². The fraction of sp³-hybridized carbons (Fsp3) is 0.571. The van der Waals surface area contributed by atoms with E-state index in [1.165, 1.54) is 0 Å². The molecule has 1 N–H and O–H groups in total. The van der Waals surface area contributed by atoms with E-state index in [4.69, 9.17) is 4.74 Å². The summed E-state index contributed by atoms with van der Waals surface area (Å²) < 4.78 is 20.0. The largest absolute Gasteiger partial charge is 0.493 e. The summed E-state index contributed by atoms with van der Waals surface area (Å²) in [7, 11) is 0. The molecule has 0 aromatic heterocycles. The van der Waals surface area contributed by atoms with Crippen LogP contribution in [-0.2, 0) is 0 Å². The average Bonchev–Trinajstić information content (AvgIpc) is 2.40. The minimum atomic E-state index is -0.903. The van der Waals surface area contributed by atoms with E-state index in [0.717, 1.165) is 25.9 Å². The molecule has 1 unspecified atom stereocenters. The van der Waals surface area contributed by atoms with E-state index < -0.39 is 6.17 Å². The number of para-hydroxylation sites is 1. The number of halogens is 1. The van der Waals surface area contributed by atoms with Crippen LogP contribution in [-0.4, -0.2) is 19.7 Å². The highest BCUT2D eigenvalue weighted by atomic mass is 19.1. The second-order valence-electron chi connectivity index (χ2n) is 4.46. The van der Waals surface area contributed by atoms with E-state index in [1.54, 1.807) is 0 Å². The van der Waals surface area contributed by atoms with Crippen molar-refractivity contribution >= 4 is 0 Å². The summed E-state index contributed by atoms with van der Waals surface area (Å²) in [6.07, 6.45) is 0.906. The first-order valence-corrected chi connectivity index (χ1v) is 6.39. The van der Waals surface area contributed by atoms with Crippen LogP contribution in [0.15, 0.2) is 24.3 Å². The molecule has 0 bridgehead atoms.